The molecule has 0 bridgehead atoms. The van der Waals surface area contributed by atoms with Crippen LogP contribution < -0.4 is 4.90 Å². The number of para-hydroxylation sites is 3. The summed E-state index contributed by atoms with van der Waals surface area (Å²) in [6.07, 6.45) is 0. The average Bonchev–Trinajstić information content (AvgIpc) is 3.79. The first-order valence-electron chi connectivity index (χ1n) is 18.8. The predicted octanol–water partition coefficient (Wildman–Crippen LogP) is 15.1. The van der Waals surface area contributed by atoms with Crippen LogP contribution in [0.3, 0.4) is 0 Å². The highest BCUT2D eigenvalue weighted by atomic mass is 32.1. The van der Waals surface area contributed by atoms with Gasteiger partial charge in [0.05, 0.1) is 16.7 Å². The van der Waals surface area contributed by atoms with Crippen LogP contribution in [-0.2, 0) is 0 Å². The van der Waals surface area contributed by atoms with Crippen LogP contribution in [0.15, 0.2) is 206 Å². The van der Waals surface area contributed by atoms with Gasteiger partial charge in [-0.15, -0.1) is 11.3 Å². The molecule has 11 aromatic rings. The maximum Gasteiger partial charge on any atom is 0.0561 e. The van der Waals surface area contributed by atoms with Gasteiger partial charge in [0.25, 0.3) is 0 Å². The number of nitrogens with zero attached hydrogens (tertiary/aromatic N) is 2. The Labute approximate surface area is 323 Å². The fraction of sp³-hybridized carbons (Fsp3) is 0. The Balaban J connectivity index is 1.11. The zero-order valence-corrected chi connectivity index (χ0v) is 30.7. The van der Waals surface area contributed by atoms with Crippen molar-refractivity contribution < 1.29 is 0 Å². The third-order valence-corrected chi connectivity index (χ3v) is 12.1. The number of hydrogen-bond donors (Lipinski definition) is 0. The molecule has 0 aliphatic carbocycles. The minimum Gasteiger partial charge on any atom is -0.310 e. The number of fused-ring (bicyclic) bond motifs is 7. The van der Waals surface area contributed by atoms with Gasteiger partial charge >= 0.3 is 0 Å². The molecule has 0 spiro atoms. The van der Waals surface area contributed by atoms with Crippen LogP contribution >= 0.6 is 11.3 Å². The second-order valence-electron chi connectivity index (χ2n) is 14.2. The van der Waals surface area contributed by atoms with Gasteiger partial charge in [-0.3, -0.25) is 0 Å². The first kappa shape index (κ1) is 31.6. The molecular weight excluding hydrogens is 685 g/mol. The number of anilines is 3. The molecule has 9 aromatic carbocycles. The molecule has 0 N–H and O–H groups in total. The van der Waals surface area contributed by atoms with Crippen molar-refractivity contribution in [3.05, 3.63) is 206 Å². The Morgan fingerprint density at radius 1 is 0.364 bits per heavy atom. The summed E-state index contributed by atoms with van der Waals surface area (Å²) in [7, 11) is 0. The van der Waals surface area contributed by atoms with E-state index in [-0.39, 0.29) is 0 Å². The maximum absolute atomic E-state index is 2.43. The largest absolute Gasteiger partial charge is 0.310 e. The van der Waals surface area contributed by atoms with Gasteiger partial charge in [0, 0.05) is 53.6 Å². The van der Waals surface area contributed by atoms with Gasteiger partial charge in [-0.1, -0.05) is 133 Å². The summed E-state index contributed by atoms with van der Waals surface area (Å²) in [6.45, 7) is 0. The lowest BCUT2D eigenvalue weighted by atomic mass is 9.98. The molecule has 0 saturated carbocycles. The molecule has 0 unspecified atom stereocenters. The van der Waals surface area contributed by atoms with Gasteiger partial charge in [-0.25, -0.2) is 0 Å². The fourth-order valence-corrected chi connectivity index (χ4v) is 9.45. The molecule has 0 aliphatic heterocycles. The molecule has 3 heteroatoms. The Kier molecular flexibility index (Phi) is 7.39. The summed E-state index contributed by atoms with van der Waals surface area (Å²) in [5, 5.41) is 7.59. The van der Waals surface area contributed by atoms with E-state index >= 15 is 0 Å². The second kappa shape index (κ2) is 12.9. The molecule has 2 aromatic heterocycles. The number of hydrogen-bond acceptors (Lipinski definition) is 2. The van der Waals surface area contributed by atoms with Crippen molar-refractivity contribution in [1.82, 2.24) is 4.57 Å². The Morgan fingerprint density at radius 3 is 1.91 bits per heavy atom. The molecule has 11 rings (SSSR count). The summed E-state index contributed by atoms with van der Waals surface area (Å²) in [6, 6.07) is 75.3. The third kappa shape index (κ3) is 5.32. The van der Waals surface area contributed by atoms with E-state index in [1.54, 1.807) is 0 Å². The van der Waals surface area contributed by atoms with Crippen LogP contribution in [0.25, 0.3) is 80.7 Å². The second-order valence-corrected chi connectivity index (χ2v) is 15.2. The summed E-state index contributed by atoms with van der Waals surface area (Å²) in [5.74, 6) is 0. The van der Waals surface area contributed by atoms with E-state index in [1.807, 2.05) is 11.3 Å². The number of aromatic nitrogens is 1. The highest BCUT2D eigenvalue weighted by Gasteiger charge is 2.20. The molecular formula is C52H34N2S. The zero-order chi connectivity index (χ0) is 36.3. The molecule has 0 fully saturated rings. The van der Waals surface area contributed by atoms with Gasteiger partial charge in [0.15, 0.2) is 0 Å². The molecule has 0 aliphatic rings. The molecule has 0 atom stereocenters. The van der Waals surface area contributed by atoms with Crippen molar-refractivity contribution in [2.45, 2.75) is 0 Å². The summed E-state index contributed by atoms with van der Waals surface area (Å²) in [4.78, 5) is 2.43. The predicted molar refractivity (Wildman–Crippen MR) is 237 cm³/mol. The van der Waals surface area contributed by atoms with Crippen LogP contribution in [0.5, 0.6) is 0 Å². The molecule has 2 nitrogen and oxygen atoms in total. The fourth-order valence-electron chi connectivity index (χ4n) is 8.36. The van der Waals surface area contributed by atoms with Crippen LogP contribution in [0.1, 0.15) is 0 Å². The van der Waals surface area contributed by atoms with Crippen molar-refractivity contribution in [1.29, 1.82) is 0 Å². The lowest BCUT2D eigenvalue weighted by Gasteiger charge is -2.28. The van der Waals surface area contributed by atoms with Crippen molar-refractivity contribution in [3.8, 4) is 27.9 Å². The maximum atomic E-state index is 2.43. The smallest absolute Gasteiger partial charge is 0.0561 e. The minimum absolute atomic E-state index is 1.10. The lowest BCUT2D eigenvalue weighted by Crippen LogP contribution is -2.11. The van der Waals surface area contributed by atoms with E-state index in [1.165, 1.54) is 75.0 Å². The van der Waals surface area contributed by atoms with E-state index in [9.17, 15) is 0 Å². The van der Waals surface area contributed by atoms with E-state index in [2.05, 4.69) is 216 Å². The van der Waals surface area contributed by atoms with Crippen LogP contribution in [-0.4, -0.2) is 4.57 Å². The Morgan fingerprint density at radius 2 is 1.02 bits per heavy atom. The van der Waals surface area contributed by atoms with Gasteiger partial charge in [0.1, 0.15) is 0 Å². The lowest BCUT2D eigenvalue weighted by molar-refractivity contribution is 1.18. The van der Waals surface area contributed by atoms with Crippen LogP contribution in [0, 0.1) is 0 Å². The molecule has 55 heavy (non-hydrogen) atoms. The van der Waals surface area contributed by atoms with Gasteiger partial charge in [-0.2, -0.15) is 0 Å². The molecule has 0 amide bonds. The molecule has 0 radical (unpaired) electrons. The average molecular weight is 719 g/mol. The Bertz CT molecular complexity index is 3210. The quantitative estimate of drug-likeness (QED) is 0.166. The summed E-state index contributed by atoms with van der Waals surface area (Å²) < 4.78 is 5.05. The normalized spacial score (nSPS) is 11.6. The summed E-state index contributed by atoms with van der Waals surface area (Å²) in [5.41, 5.74) is 11.6. The van der Waals surface area contributed by atoms with E-state index < -0.39 is 0 Å². The monoisotopic (exact) mass is 718 g/mol. The van der Waals surface area contributed by atoms with Crippen molar-refractivity contribution in [2.75, 3.05) is 4.90 Å². The van der Waals surface area contributed by atoms with Crippen molar-refractivity contribution in [3.63, 3.8) is 0 Å². The first-order chi connectivity index (χ1) is 27.3. The SMILES string of the molecule is c1ccc(-n2c3ccccc3c3ccc(N(c4ccc(-c5ccc6sc7ccccc7c6c5)cc4)c4ccccc4-c4ccc5ccccc5c4)cc32)cc1. The number of thiophene rings is 1. The number of benzene rings is 9. The van der Waals surface area contributed by atoms with E-state index in [0.717, 1.165) is 22.7 Å². The highest BCUT2D eigenvalue weighted by Crippen LogP contribution is 2.44. The standard InChI is InChI=1S/C52H34N2S/c1-2-14-40(15-3-1)54-49-20-10-7-17-44(49)45-30-29-42(34-50(45)54)53(48-19-9-6-16-43(48)39-23-22-35-12-4-5-13-37(35)32-39)41-27-24-36(25-28-41)38-26-31-52-47(33-38)46-18-8-11-21-51(46)55-52/h1-34H. The highest BCUT2D eigenvalue weighted by molar-refractivity contribution is 7.25. The molecule has 2 heterocycles. The number of rotatable bonds is 6. The molecule has 258 valence electrons. The minimum atomic E-state index is 1.10. The van der Waals surface area contributed by atoms with Crippen LogP contribution in [0.2, 0.25) is 0 Å². The third-order valence-electron chi connectivity index (χ3n) is 11.0. The summed E-state index contributed by atoms with van der Waals surface area (Å²) >= 11 is 1.86. The van der Waals surface area contributed by atoms with Gasteiger partial charge < -0.3 is 9.47 Å². The van der Waals surface area contributed by atoms with Gasteiger partial charge in [0.2, 0.25) is 0 Å². The van der Waals surface area contributed by atoms with Crippen molar-refractivity contribution >= 4 is 81.1 Å². The van der Waals surface area contributed by atoms with E-state index in [0.29, 0.717) is 0 Å². The van der Waals surface area contributed by atoms with Crippen molar-refractivity contribution in [2.24, 2.45) is 0 Å². The Hall–Kier alpha value is -6.94. The van der Waals surface area contributed by atoms with Crippen LogP contribution in [0.4, 0.5) is 17.1 Å². The first-order valence-corrected chi connectivity index (χ1v) is 19.6. The zero-order valence-electron chi connectivity index (χ0n) is 29.9. The van der Waals surface area contributed by atoms with Gasteiger partial charge in [-0.05, 0) is 100 Å². The topological polar surface area (TPSA) is 8.17 Å². The van der Waals surface area contributed by atoms with E-state index in [4.69, 9.17) is 0 Å². The molecule has 0 saturated heterocycles.